The van der Waals surface area contributed by atoms with Crippen LogP contribution in [0.5, 0.6) is 0 Å². The summed E-state index contributed by atoms with van der Waals surface area (Å²) >= 11 is 0. The van der Waals surface area contributed by atoms with Crippen LogP contribution in [0.25, 0.3) is 0 Å². The first kappa shape index (κ1) is 15.0. The van der Waals surface area contributed by atoms with Crippen molar-refractivity contribution in [3.8, 4) is 0 Å². The molecule has 18 heavy (non-hydrogen) atoms. The normalized spacial score (nSPS) is 11.9. The van der Waals surface area contributed by atoms with Crippen LogP contribution in [-0.4, -0.2) is 19.3 Å². The van der Waals surface area contributed by atoms with E-state index in [1.165, 1.54) is 27.8 Å². The lowest BCUT2D eigenvalue weighted by molar-refractivity contribution is -0.124. The molecule has 0 spiro atoms. The number of nitrogens with one attached hydrogen (secondary N) is 1. The van der Waals surface area contributed by atoms with E-state index in [2.05, 4.69) is 11.4 Å². The van der Waals surface area contributed by atoms with Crippen molar-refractivity contribution in [1.82, 2.24) is 5.32 Å². The molecule has 0 aliphatic carbocycles. The Morgan fingerprint density at radius 1 is 1.00 bits per heavy atom. The van der Waals surface area contributed by atoms with E-state index in [4.69, 9.17) is 0 Å². The second-order valence-electron chi connectivity index (χ2n) is 4.78. The number of alkyl halides is 3. The maximum absolute atomic E-state index is 12.0. The largest absolute Gasteiger partial charge is 0.401 e. The van der Waals surface area contributed by atoms with Gasteiger partial charge in [-0.2, -0.15) is 13.2 Å². The summed E-state index contributed by atoms with van der Waals surface area (Å²) < 4.78 is 36.0. The molecule has 0 amide bonds. The minimum atomic E-state index is -4.13. The quantitative estimate of drug-likeness (QED) is 0.814. The predicted molar refractivity (Wildman–Crippen MR) is 68.0 cm³/mol. The van der Waals surface area contributed by atoms with E-state index in [0.29, 0.717) is 13.0 Å². The summed E-state index contributed by atoms with van der Waals surface area (Å²) in [4.78, 5) is 0. The van der Waals surface area contributed by atoms with Crippen molar-refractivity contribution >= 4 is 0 Å². The van der Waals surface area contributed by atoms with Gasteiger partial charge in [-0.25, -0.2) is 0 Å². The topological polar surface area (TPSA) is 12.0 Å². The number of aryl methyl sites for hydroxylation is 2. The maximum Gasteiger partial charge on any atom is 0.401 e. The first-order valence-corrected chi connectivity index (χ1v) is 6.06. The zero-order chi connectivity index (χ0) is 13.9. The number of halogens is 3. The number of hydrogen-bond donors (Lipinski definition) is 1. The summed E-state index contributed by atoms with van der Waals surface area (Å²) in [6.45, 7) is 7.56. The van der Waals surface area contributed by atoms with Crippen molar-refractivity contribution in [2.24, 2.45) is 0 Å². The molecule has 0 radical (unpaired) electrons. The first-order chi connectivity index (χ1) is 8.22. The molecule has 0 aliphatic rings. The lowest BCUT2D eigenvalue weighted by Crippen LogP contribution is -2.30. The molecule has 1 aromatic carbocycles. The second kappa shape index (κ2) is 5.74. The van der Waals surface area contributed by atoms with E-state index < -0.39 is 12.7 Å². The second-order valence-corrected chi connectivity index (χ2v) is 4.78. The molecule has 0 fully saturated rings. The Kier molecular flexibility index (Phi) is 4.79. The third kappa shape index (κ3) is 4.02. The number of hydrogen-bond acceptors (Lipinski definition) is 1. The molecular weight excluding hydrogens is 239 g/mol. The highest BCUT2D eigenvalue weighted by molar-refractivity contribution is 5.44. The lowest BCUT2D eigenvalue weighted by Gasteiger charge is -2.16. The van der Waals surface area contributed by atoms with Crippen LogP contribution in [0.3, 0.4) is 0 Å². The van der Waals surface area contributed by atoms with Gasteiger partial charge in [0.1, 0.15) is 0 Å². The molecule has 4 heteroatoms. The van der Waals surface area contributed by atoms with Gasteiger partial charge < -0.3 is 5.32 Å². The maximum atomic E-state index is 12.0. The molecule has 1 rings (SSSR count). The summed E-state index contributed by atoms with van der Waals surface area (Å²) in [5.41, 5.74) is 5.94. The Bertz CT molecular complexity index is 396. The predicted octanol–water partition coefficient (Wildman–Crippen LogP) is 3.61. The van der Waals surface area contributed by atoms with Crippen LogP contribution in [-0.2, 0) is 6.42 Å². The summed E-state index contributed by atoms with van der Waals surface area (Å²) in [5.74, 6) is 0. The molecular formula is C14H20F3N. The average molecular weight is 259 g/mol. The third-order valence-corrected chi connectivity index (χ3v) is 3.40. The van der Waals surface area contributed by atoms with Crippen LogP contribution < -0.4 is 5.32 Å². The summed E-state index contributed by atoms with van der Waals surface area (Å²) in [5, 5.41) is 2.44. The van der Waals surface area contributed by atoms with E-state index in [1.807, 2.05) is 27.7 Å². The van der Waals surface area contributed by atoms with Crippen LogP contribution in [0.2, 0.25) is 0 Å². The van der Waals surface area contributed by atoms with Gasteiger partial charge in [0, 0.05) is 0 Å². The zero-order valence-electron chi connectivity index (χ0n) is 11.3. The van der Waals surface area contributed by atoms with E-state index in [-0.39, 0.29) is 0 Å². The minimum Gasteiger partial charge on any atom is -0.308 e. The van der Waals surface area contributed by atoms with Gasteiger partial charge in [0.15, 0.2) is 0 Å². The fraction of sp³-hybridized carbons (Fsp3) is 0.571. The highest BCUT2D eigenvalue weighted by atomic mass is 19.4. The average Bonchev–Trinajstić information content (AvgIpc) is 2.24. The first-order valence-electron chi connectivity index (χ1n) is 6.06. The van der Waals surface area contributed by atoms with Gasteiger partial charge in [-0.15, -0.1) is 0 Å². The minimum absolute atomic E-state index is 0.351. The lowest BCUT2D eigenvalue weighted by atomic mass is 9.92. The summed E-state index contributed by atoms with van der Waals surface area (Å²) in [6.07, 6.45) is -3.50. The van der Waals surface area contributed by atoms with E-state index in [0.717, 1.165) is 0 Å². The molecule has 1 nitrogen and oxygen atoms in total. The monoisotopic (exact) mass is 259 g/mol. The Labute approximate surface area is 106 Å². The molecule has 1 aromatic rings. The molecule has 0 aliphatic heterocycles. The molecule has 0 saturated heterocycles. The highest BCUT2D eigenvalue weighted by Gasteiger charge is 2.26. The van der Waals surface area contributed by atoms with Gasteiger partial charge >= 0.3 is 6.18 Å². The fourth-order valence-corrected chi connectivity index (χ4v) is 2.12. The van der Waals surface area contributed by atoms with Gasteiger partial charge in [0.25, 0.3) is 0 Å². The van der Waals surface area contributed by atoms with Crippen molar-refractivity contribution in [1.29, 1.82) is 0 Å². The van der Waals surface area contributed by atoms with Crippen molar-refractivity contribution in [3.05, 3.63) is 33.9 Å². The van der Waals surface area contributed by atoms with Crippen molar-refractivity contribution in [2.75, 3.05) is 13.1 Å². The number of benzene rings is 1. The number of rotatable bonds is 4. The molecule has 0 atom stereocenters. The molecule has 0 unspecified atom stereocenters. The molecule has 0 heterocycles. The van der Waals surface area contributed by atoms with Crippen LogP contribution in [0.4, 0.5) is 13.2 Å². The Morgan fingerprint density at radius 3 is 1.94 bits per heavy atom. The van der Waals surface area contributed by atoms with Gasteiger partial charge in [0.05, 0.1) is 6.54 Å². The van der Waals surface area contributed by atoms with Gasteiger partial charge in [-0.1, -0.05) is 6.07 Å². The van der Waals surface area contributed by atoms with E-state index >= 15 is 0 Å². The molecule has 0 aromatic heterocycles. The molecule has 0 bridgehead atoms. The zero-order valence-corrected chi connectivity index (χ0v) is 11.3. The summed E-state index contributed by atoms with van der Waals surface area (Å²) in [7, 11) is 0. The van der Waals surface area contributed by atoms with Crippen molar-refractivity contribution in [3.63, 3.8) is 0 Å². The summed E-state index contributed by atoms with van der Waals surface area (Å²) in [6, 6.07) is 2.12. The van der Waals surface area contributed by atoms with Crippen LogP contribution >= 0.6 is 0 Å². The van der Waals surface area contributed by atoms with Gasteiger partial charge in [-0.05, 0) is 68.5 Å². The molecule has 1 N–H and O–H groups in total. The Balaban J connectivity index is 2.68. The van der Waals surface area contributed by atoms with Gasteiger partial charge in [-0.3, -0.25) is 0 Å². The van der Waals surface area contributed by atoms with Crippen LogP contribution in [0.15, 0.2) is 6.07 Å². The third-order valence-electron chi connectivity index (χ3n) is 3.40. The standard InChI is InChI=1S/C14H20F3N/c1-9-7-10(2)12(4)13(11(9)3)5-6-18-8-14(15,16)17/h7,18H,5-6,8H2,1-4H3. The van der Waals surface area contributed by atoms with E-state index in [1.54, 1.807) is 0 Å². The molecule has 102 valence electrons. The highest BCUT2D eigenvalue weighted by Crippen LogP contribution is 2.22. The molecule has 0 saturated carbocycles. The smallest absolute Gasteiger partial charge is 0.308 e. The van der Waals surface area contributed by atoms with Crippen molar-refractivity contribution in [2.45, 2.75) is 40.3 Å². The Morgan fingerprint density at radius 2 is 1.50 bits per heavy atom. The Hall–Kier alpha value is -1.03. The van der Waals surface area contributed by atoms with Crippen molar-refractivity contribution < 1.29 is 13.2 Å². The fourth-order valence-electron chi connectivity index (χ4n) is 2.12. The van der Waals surface area contributed by atoms with Crippen LogP contribution in [0, 0.1) is 27.7 Å². The van der Waals surface area contributed by atoms with Crippen LogP contribution in [0.1, 0.15) is 27.8 Å². The van der Waals surface area contributed by atoms with E-state index in [9.17, 15) is 13.2 Å². The SMILES string of the molecule is Cc1cc(C)c(C)c(CCNCC(F)(F)F)c1C. The van der Waals surface area contributed by atoms with Gasteiger partial charge in [0.2, 0.25) is 0 Å².